The molecule has 1 amide bonds. The van der Waals surface area contributed by atoms with Crippen LogP contribution in [0.4, 0.5) is 4.39 Å². The fourth-order valence-electron chi connectivity index (χ4n) is 2.04. The number of rotatable bonds is 7. The number of nitrogens with one attached hydrogen (secondary N) is 1. The minimum Gasteiger partial charge on any atom is -0.350 e. The van der Waals surface area contributed by atoms with Gasteiger partial charge in [-0.25, -0.2) is 4.39 Å². The van der Waals surface area contributed by atoms with Crippen LogP contribution in [-0.4, -0.2) is 23.9 Å². The lowest BCUT2D eigenvalue weighted by Gasteiger charge is -2.20. The maximum atomic E-state index is 13.8. The Balaban J connectivity index is 1.90. The van der Waals surface area contributed by atoms with Crippen LogP contribution in [0.15, 0.2) is 35.7 Å². The first kappa shape index (κ1) is 16.9. The molecule has 0 saturated heterocycles. The van der Waals surface area contributed by atoms with Crippen LogP contribution in [-0.2, 0) is 17.9 Å². The number of hydrogen-bond acceptors (Lipinski definition) is 3. The molecule has 0 aliphatic rings. The molecule has 118 valence electrons. The Morgan fingerprint density at radius 2 is 2.18 bits per heavy atom. The van der Waals surface area contributed by atoms with Gasteiger partial charge >= 0.3 is 0 Å². The molecule has 1 N–H and O–H groups in total. The van der Waals surface area contributed by atoms with Crippen molar-refractivity contribution in [1.82, 2.24) is 10.2 Å². The summed E-state index contributed by atoms with van der Waals surface area (Å²) in [5.74, 6) is -0.423. The van der Waals surface area contributed by atoms with Crippen molar-refractivity contribution in [2.24, 2.45) is 0 Å². The van der Waals surface area contributed by atoms with Crippen molar-refractivity contribution in [3.05, 3.63) is 57.0 Å². The van der Waals surface area contributed by atoms with Gasteiger partial charge in [0.1, 0.15) is 5.82 Å². The number of halogens is 2. The number of benzene rings is 1. The van der Waals surface area contributed by atoms with Gasteiger partial charge in [0.15, 0.2) is 0 Å². The van der Waals surface area contributed by atoms with Crippen LogP contribution < -0.4 is 5.32 Å². The first-order valence-electron chi connectivity index (χ1n) is 7.04. The van der Waals surface area contributed by atoms with Crippen molar-refractivity contribution in [2.75, 3.05) is 13.1 Å². The topological polar surface area (TPSA) is 32.3 Å². The van der Waals surface area contributed by atoms with Gasteiger partial charge in [-0.1, -0.05) is 30.7 Å². The maximum absolute atomic E-state index is 13.8. The molecule has 0 atom stereocenters. The van der Waals surface area contributed by atoms with Gasteiger partial charge in [-0.15, -0.1) is 11.3 Å². The second kappa shape index (κ2) is 8.27. The highest BCUT2D eigenvalue weighted by atomic mass is 35.5. The monoisotopic (exact) mass is 340 g/mol. The van der Waals surface area contributed by atoms with E-state index in [-0.39, 0.29) is 18.3 Å². The molecule has 6 heteroatoms. The SMILES string of the molecule is CCN(CC(=O)NCc1cccs1)Cc1c(F)cccc1Cl. The van der Waals surface area contributed by atoms with E-state index < -0.39 is 0 Å². The predicted molar refractivity (Wildman–Crippen MR) is 88.5 cm³/mol. The lowest BCUT2D eigenvalue weighted by atomic mass is 10.2. The number of hydrogen-bond donors (Lipinski definition) is 1. The van der Waals surface area contributed by atoms with Gasteiger partial charge in [0, 0.05) is 22.0 Å². The molecule has 0 unspecified atom stereocenters. The molecule has 0 aliphatic carbocycles. The Hall–Kier alpha value is -1.43. The molecule has 22 heavy (non-hydrogen) atoms. The lowest BCUT2D eigenvalue weighted by Crippen LogP contribution is -2.36. The van der Waals surface area contributed by atoms with E-state index in [1.54, 1.807) is 23.5 Å². The highest BCUT2D eigenvalue weighted by molar-refractivity contribution is 7.09. The number of thiophene rings is 1. The van der Waals surface area contributed by atoms with Crippen LogP contribution >= 0.6 is 22.9 Å². The molecule has 2 aromatic rings. The summed E-state index contributed by atoms with van der Waals surface area (Å²) in [5, 5.41) is 5.23. The molecular formula is C16H18ClFN2OS. The van der Waals surface area contributed by atoms with Gasteiger partial charge < -0.3 is 5.32 Å². The van der Waals surface area contributed by atoms with Gasteiger partial charge in [0.05, 0.1) is 13.1 Å². The minimum absolute atomic E-state index is 0.0808. The van der Waals surface area contributed by atoms with Crippen LogP contribution in [0.25, 0.3) is 0 Å². The second-order valence-electron chi connectivity index (χ2n) is 4.86. The zero-order valence-corrected chi connectivity index (χ0v) is 13.9. The summed E-state index contributed by atoms with van der Waals surface area (Å²) in [6, 6.07) is 8.54. The average Bonchev–Trinajstić information content (AvgIpc) is 3.01. The van der Waals surface area contributed by atoms with E-state index in [1.807, 2.05) is 29.3 Å². The number of carbonyl (C=O) groups is 1. The lowest BCUT2D eigenvalue weighted by molar-refractivity contribution is -0.122. The van der Waals surface area contributed by atoms with Crippen molar-refractivity contribution in [1.29, 1.82) is 0 Å². The first-order chi connectivity index (χ1) is 10.6. The summed E-state index contributed by atoms with van der Waals surface area (Å²) in [5.41, 5.74) is 0.428. The quantitative estimate of drug-likeness (QED) is 0.834. The largest absolute Gasteiger partial charge is 0.350 e. The van der Waals surface area contributed by atoms with Crippen molar-refractivity contribution >= 4 is 28.8 Å². The fourth-order valence-corrected chi connectivity index (χ4v) is 2.91. The number of carbonyl (C=O) groups excluding carboxylic acids is 1. The fraction of sp³-hybridized carbons (Fsp3) is 0.312. The van der Waals surface area contributed by atoms with E-state index in [0.717, 1.165) is 4.88 Å². The summed E-state index contributed by atoms with van der Waals surface area (Å²) in [4.78, 5) is 15.0. The highest BCUT2D eigenvalue weighted by Gasteiger charge is 2.14. The summed E-state index contributed by atoms with van der Waals surface area (Å²) in [6.07, 6.45) is 0. The number of nitrogens with zero attached hydrogens (tertiary/aromatic N) is 1. The van der Waals surface area contributed by atoms with Crippen molar-refractivity contribution in [3.8, 4) is 0 Å². The van der Waals surface area contributed by atoms with Crippen molar-refractivity contribution < 1.29 is 9.18 Å². The Kier molecular flexibility index (Phi) is 6.36. The standard InChI is InChI=1S/C16H18ClFN2OS/c1-2-20(10-13-14(17)6-3-7-15(13)18)11-16(21)19-9-12-5-4-8-22-12/h3-8H,2,9-11H2,1H3,(H,19,21). The van der Waals surface area contributed by atoms with Crippen molar-refractivity contribution in [3.63, 3.8) is 0 Å². The van der Waals surface area contributed by atoms with Gasteiger partial charge in [0.25, 0.3) is 0 Å². The molecule has 0 aliphatic heterocycles. The zero-order chi connectivity index (χ0) is 15.9. The van der Waals surface area contributed by atoms with E-state index in [1.165, 1.54) is 6.07 Å². The molecule has 0 saturated carbocycles. The Bertz CT molecular complexity index is 598. The molecule has 1 aromatic carbocycles. The second-order valence-corrected chi connectivity index (χ2v) is 6.30. The third-order valence-corrected chi connectivity index (χ3v) is 4.53. The average molecular weight is 341 g/mol. The molecule has 1 aromatic heterocycles. The van der Waals surface area contributed by atoms with E-state index >= 15 is 0 Å². The molecule has 0 bridgehead atoms. The Morgan fingerprint density at radius 3 is 2.82 bits per heavy atom. The van der Waals surface area contributed by atoms with Crippen LogP contribution in [0.2, 0.25) is 5.02 Å². The number of amides is 1. The van der Waals surface area contributed by atoms with Gasteiger partial charge in [-0.3, -0.25) is 9.69 Å². The summed E-state index contributed by atoms with van der Waals surface area (Å²) in [6.45, 7) is 3.62. The van der Waals surface area contributed by atoms with E-state index in [4.69, 9.17) is 11.6 Å². The third kappa shape index (κ3) is 4.80. The molecule has 0 spiro atoms. The molecule has 2 rings (SSSR count). The van der Waals surface area contributed by atoms with Crippen LogP contribution in [0.3, 0.4) is 0 Å². The van der Waals surface area contributed by atoms with Gasteiger partial charge in [-0.05, 0) is 30.1 Å². The van der Waals surface area contributed by atoms with E-state index in [9.17, 15) is 9.18 Å². The summed E-state index contributed by atoms with van der Waals surface area (Å²) >= 11 is 7.63. The van der Waals surface area contributed by atoms with Gasteiger partial charge in [-0.2, -0.15) is 0 Å². The Morgan fingerprint density at radius 1 is 1.36 bits per heavy atom. The third-order valence-electron chi connectivity index (χ3n) is 3.30. The summed E-state index contributed by atoms with van der Waals surface area (Å²) in [7, 11) is 0. The maximum Gasteiger partial charge on any atom is 0.234 e. The number of likely N-dealkylation sites (N-methyl/N-ethyl adjacent to an activating group) is 1. The predicted octanol–water partition coefficient (Wildman–Crippen LogP) is 3.68. The Labute approximate surface area is 138 Å². The highest BCUT2D eigenvalue weighted by Crippen LogP contribution is 2.20. The molecular weight excluding hydrogens is 323 g/mol. The molecule has 0 radical (unpaired) electrons. The minimum atomic E-state index is -0.343. The normalized spacial score (nSPS) is 10.9. The van der Waals surface area contributed by atoms with Gasteiger partial charge in [0.2, 0.25) is 5.91 Å². The van der Waals surface area contributed by atoms with E-state index in [2.05, 4.69) is 5.32 Å². The van der Waals surface area contributed by atoms with E-state index in [0.29, 0.717) is 30.2 Å². The first-order valence-corrected chi connectivity index (χ1v) is 8.30. The smallest absolute Gasteiger partial charge is 0.234 e. The zero-order valence-electron chi connectivity index (χ0n) is 12.3. The van der Waals surface area contributed by atoms with Crippen molar-refractivity contribution in [2.45, 2.75) is 20.0 Å². The molecule has 1 heterocycles. The van der Waals surface area contributed by atoms with Crippen LogP contribution in [0, 0.1) is 5.82 Å². The van der Waals surface area contributed by atoms with Crippen LogP contribution in [0.1, 0.15) is 17.4 Å². The molecule has 3 nitrogen and oxygen atoms in total. The molecule has 0 fully saturated rings. The summed E-state index contributed by atoms with van der Waals surface area (Å²) < 4.78 is 13.8. The van der Waals surface area contributed by atoms with Crippen LogP contribution in [0.5, 0.6) is 0 Å².